The third-order valence-corrected chi connectivity index (χ3v) is 3.70. The van der Waals surface area contributed by atoms with Crippen LogP contribution in [-0.2, 0) is 9.53 Å². The number of fused-ring (bicyclic) bond motifs is 1. The molecule has 0 saturated carbocycles. The van der Waals surface area contributed by atoms with Crippen LogP contribution in [0.5, 0.6) is 0 Å². The molecule has 106 valence electrons. The molecular weight excluding hydrogens is 256 g/mol. The molecule has 6 nitrogen and oxygen atoms in total. The van der Waals surface area contributed by atoms with E-state index in [1.54, 1.807) is 0 Å². The van der Waals surface area contributed by atoms with Gasteiger partial charge in [0, 0.05) is 18.9 Å². The molecular formula is C14H18N4O2. The Morgan fingerprint density at radius 2 is 2.20 bits per heavy atom. The Morgan fingerprint density at radius 1 is 1.45 bits per heavy atom. The molecule has 0 aliphatic carbocycles. The Morgan fingerprint density at radius 3 is 2.95 bits per heavy atom. The molecule has 1 aromatic carbocycles. The van der Waals surface area contributed by atoms with Crippen LogP contribution in [0.2, 0.25) is 0 Å². The lowest BCUT2D eigenvalue weighted by Crippen LogP contribution is -2.54. The van der Waals surface area contributed by atoms with Crippen molar-refractivity contribution in [1.82, 2.24) is 9.97 Å². The van der Waals surface area contributed by atoms with Crippen LogP contribution < -0.4 is 11.1 Å². The van der Waals surface area contributed by atoms with Gasteiger partial charge in [0.1, 0.15) is 11.4 Å². The van der Waals surface area contributed by atoms with Crippen LogP contribution in [-0.4, -0.2) is 34.6 Å². The molecule has 1 aliphatic rings. The van der Waals surface area contributed by atoms with Crippen LogP contribution in [0.15, 0.2) is 18.2 Å². The molecule has 1 amide bonds. The Kier molecular flexibility index (Phi) is 3.19. The Hall–Kier alpha value is -1.92. The van der Waals surface area contributed by atoms with Gasteiger partial charge in [0.05, 0.1) is 11.0 Å². The number of anilines is 1. The lowest BCUT2D eigenvalue weighted by molar-refractivity contribution is -0.124. The molecule has 20 heavy (non-hydrogen) atoms. The fraction of sp³-hybridized carbons (Fsp3) is 0.429. The highest BCUT2D eigenvalue weighted by molar-refractivity contribution is 5.99. The lowest BCUT2D eigenvalue weighted by Gasteiger charge is -2.31. The molecule has 0 radical (unpaired) electrons. The van der Waals surface area contributed by atoms with Crippen LogP contribution in [0.1, 0.15) is 18.7 Å². The average Bonchev–Trinajstić information content (AvgIpc) is 2.79. The molecule has 3 rings (SSSR count). The van der Waals surface area contributed by atoms with Crippen LogP contribution in [0.4, 0.5) is 5.69 Å². The first-order valence-electron chi connectivity index (χ1n) is 6.71. The zero-order valence-electron chi connectivity index (χ0n) is 11.4. The monoisotopic (exact) mass is 274 g/mol. The Balaban J connectivity index is 1.79. The molecule has 1 aliphatic heterocycles. The second kappa shape index (κ2) is 4.88. The third kappa shape index (κ3) is 2.39. The van der Waals surface area contributed by atoms with Gasteiger partial charge < -0.3 is 20.8 Å². The highest BCUT2D eigenvalue weighted by Gasteiger charge is 2.35. The van der Waals surface area contributed by atoms with Gasteiger partial charge in [-0.1, -0.05) is 0 Å². The fourth-order valence-corrected chi connectivity index (χ4v) is 2.43. The summed E-state index contributed by atoms with van der Waals surface area (Å²) >= 11 is 0. The number of amides is 1. The number of carbonyl (C=O) groups excluding carboxylic acids is 1. The van der Waals surface area contributed by atoms with Gasteiger partial charge in [-0.25, -0.2) is 4.98 Å². The predicted octanol–water partition coefficient (Wildman–Crippen LogP) is 1.32. The number of hydrogen-bond donors (Lipinski definition) is 3. The molecule has 0 spiro atoms. The summed E-state index contributed by atoms with van der Waals surface area (Å²) in [5.74, 6) is 0.694. The van der Waals surface area contributed by atoms with Crippen LogP contribution in [0.3, 0.4) is 0 Å². The number of aryl methyl sites for hydroxylation is 1. The highest BCUT2D eigenvalue weighted by atomic mass is 16.5. The summed E-state index contributed by atoms with van der Waals surface area (Å²) in [7, 11) is 0. The first-order valence-corrected chi connectivity index (χ1v) is 6.71. The van der Waals surface area contributed by atoms with Crippen molar-refractivity contribution in [3.63, 3.8) is 0 Å². The number of nitrogens with two attached hydrogens (primary N) is 1. The van der Waals surface area contributed by atoms with E-state index >= 15 is 0 Å². The number of nitrogens with zero attached hydrogens (tertiary/aromatic N) is 1. The van der Waals surface area contributed by atoms with Crippen LogP contribution >= 0.6 is 0 Å². The van der Waals surface area contributed by atoms with E-state index in [0.29, 0.717) is 26.1 Å². The molecule has 6 heteroatoms. The van der Waals surface area contributed by atoms with Crippen molar-refractivity contribution in [2.45, 2.75) is 25.3 Å². The summed E-state index contributed by atoms with van der Waals surface area (Å²) in [6, 6.07) is 5.58. The summed E-state index contributed by atoms with van der Waals surface area (Å²) in [6.07, 6.45) is 1.09. The van der Waals surface area contributed by atoms with Crippen molar-refractivity contribution in [1.29, 1.82) is 0 Å². The SMILES string of the molecule is Cc1nc2ccc(NC(=O)C3(N)CCOCC3)cc2[nH]1. The van der Waals surface area contributed by atoms with E-state index in [9.17, 15) is 4.79 Å². The number of rotatable bonds is 2. The van der Waals surface area contributed by atoms with Gasteiger partial charge in [0.25, 0.3) is 0 Å². The van der Waals surface area contributed by atoms with Gasteiger partial charge in [-0.15, -0.1) is 0 Å². The van der Waals surface area contributed by atoms with Crippen molar-refractivity contribution in [2.24, 2.45) is 5.73 Å². The van der Waals surface area contributed by atoms with Gasteiger partial charge >= 0.3 is 0 Å². The van der Waals surface area contributed by atoms with Crippen LogP contribution in [0, 0.1) is 6.92 Å². The first kappa shape index (κ1) is 13.1. The number of imidazole rings is 1. The topological polar surface area (TPSA) is 93.0 Å². The number of aromatic amines is 1. The van der Waals surface area contributed by atoms with Crippen molar-refractivity contribution in [3.05, 3.63) is 24.0 Å². The van der Waals surface area contributed by atoms with Gasteiger partial charge in [-0.05, 0) is 38.0 Å². The molecule has 0 bridgehead atoms. The maximum Gasteiger partial charge on any atom is 0.244 e. The van der Waals surface area contributed by atoms with E-state index in [1.165, 1.54) is 0 Å². The number of nitrogens with one attached hydrogen (secondary N) is 2. The van der Waals surface area contributed by atoms with Gasteiger partial charge in [0.2, 0.25) is 5.91 Å². The number of carbonyl (C=O) groups is 1. The van der Waals surface area contributed by atoms with Crippen molar-refractivity contribution >= 4 is 22.6 Å². The summed E-state index contributed by atoms with van der Waals surface area (Å²) < 4.78 is 5.25. The number of aromatic nitrogens is 2. The van der Waals surface area contributed by atoms with E-state index in [0.717, 1.165) is 22.5 Å². The number of H-pyrrole nitrogens is 1. The van der Waals surface area contributed by atoms with E-state index in [-0.39, 0.29) is 5.91 Å². The van der Waals surface area contributed by atoms with Gasteiger partial charge in [-0.2, -0.15) is 0 Å². The molecule has 1 aromatic heterocycles. The molecule has 4 N–H and O–H groups in total. The summed E-state index contributed by atoms with van der Waals surface area (Å²) in [6.45, 7) is 2.96. The lowest BCUT2D eigenvalue weighted by atomic mass is 9.90. The summed E-state index contributed by atoms with van der Waals surface area (Å²) in [5, 5.41) is 2.89. The van der Waals surface area contributed by atoms with Crippen LogP contribution in [0.25, 0.3) is 11.0 Å². The minimum absolute atomic E-state index is 0.156. The average molecular weight is 274 g/mol. The molecule has 1 fully saturated rings. The molecule has 0 unspecified atom stereocenters. The minimum Gasteiger partial charge on any atom is -0.381 e. The quantitative estimate of drug-likeness (QED) is 0.770. The molecule has 2 aromatic rings. The first-order chi connectivity index (χ1) is 9.57. The largest absolute Gasteiger partial charge is 0.381 e. The zero-order valence-corrected chi connectivity index (χ0v) is 11.4. The van der Waals surface area contributed by atoms with Crippen molar-refractivity contribution in [2.75, 3.05) is 18.5 Å². The second-order valence-electron chi connectivity index (χ2n) is 5.28. The summed E-state index contributed by atoms with van der Waals surface area (Å²) in [4.78, 5) is 19.8. The number of benzene rings is 1. The normalized spacial score (nSPS) is 18.1. The maximum absolute atomic E-state index is 12.3. The van der Waals surface area contributed by atoms with E-state index in [2.05, 4.69) is 15.3 Å². The Bertz CT molecular complexity index is 644. The van der Waals surface area contributed by atoms with E-state index in [1.807, 2.05) is 25.1 Å². The zero-order chi connectivity index (χ0) is 14.2. The molecule has 2 heterocycles. The minimum atomic E-state index is -0.836. The standard InChI is InChI=1S/C14H18N4O2/c1-9-16-11-3-2-10(8-12(11)17-9)18-13(19)14(15)4-6-20-7-5-14/h2-3,8H,4-7,15H2,1H3,(H,16,17)(H,18,19). The third-order valence-electron chi connectivity index (χ3n) is 3.70. The summed E-state index contributed by atoms with van der Waals surface area (Å²) in [5.41, 5.74) is 7.83. The van der Waals surface area contributed by atoms with Gasteiger partial charge in [-0.3, -0.25) is 4.79 Å². The molecule has 0 atom stereocenters. The predicted molar refractivity (Wildman–Crippen MR) is 76.4 cm³/mol. The van der Waals surface area contributed by atoms with Gasteiger partial charge in [0.15, 0.2) is 0 Å². The number of ether oxygens (including phenoxy) is 1. The van der Waals surface area contributed by atoms with Crippen molar-refractivity contribution in [3.8, 4) is 0 Å². The maximum atomic E-state index is 12.3. The number of hydrogen-bond acceptors (Lipinski definition) is 4. The molecule has 1 saturated heterocycles. The second-order valence-corrected chi connectivity index (χ2v) is 5.28. The van der Waals surface area contributed by atoms with Crippen molar-refractivity contribution < 1.29 is 9.53 Å². The van der Waals surface area contributed by atoms with E-state index < -0.39 is 5.54 Å². The smallest absolute Gasteiger partial charge is 0.244 e. The van der Waals surface area contributed by atoms with E-state index in [4.69, 9.17) is 10.5 Å². The fourth-order valence-electron chi connectivity index (χ4n) is 2.43. The highest BCUT2D eigenvalue weighted by Crippen LogP contribution is 2.22. The Labute approximate surface area is 116 Å².